The third-order valence-electron chi connectivity index (χ3n) is 2.50. The third kappa shape index (κ3) is 3.76. The van der Waals surface area contributed by atoms with Crippen molar-refractivity contribution in [2.24, 2.45) is 0 Å². The van der Waals surface area contributed by atoms with Crippen molar-refractivity contribution in [1.29, 1.82) is 0 Å². The van der Waals surface area contributed by atoms with Crippen molar-refractivity contribution >= 4 is 12.0 Å². The van der Waals surface area contributed by atoms with Gasteiger partial charge in [0.05, 0.1) is 0 Å². The molecule has 0 radical (unpaired) electrons. The molecule has 0 spiro atoms. The van der Waals surface area contributed by atoms with Crippen molar-refractivity contribution in [1.82, 2.24) is 0 Å². The van der Waals surface area contributed by atoms with E-state index in [1.54, 1.807) is 19.9 Å². The van der Waals surface area contributed by atoms with Crippen molar-refractivity contribution in [3.05, 3.63) is 29.3 Å². The van der Waals surface area contributed by atoms with Crippen molar-refractivity contribution in [3.63, 3.8) is 0 Å². The molecule has 0 saturated carbocycles. The predicted molar refractivity (Wildman–Crippen MR) is 60.5 cm³/mol. The lowest BCUT2D eigenvalue weighted by atomic mass is 10.1. The molecular formula is C12H14F3NO. The Bertz CT molecular complexity index is 401. The molecule has 1 rings (SSSR count). The molecule has 0 saturated heterocycles. The molecule has 0 N–H and O–H groups in total. The van der Waals surface area contributed by atoms with Crippen molar-refractivity contribution in [3.8, 4) is 0 Å². The average Bonchev–Trinajstić information content (AvgIpc) is 2.24. The predicted octanol–water partition coefficient (Wildman–Crippen LogP) is 3.20. The lowest BCUT2D eigenvalue weighted by molar-refractivity contribution is -0.119. The second kappa shape index (κ2) is 5.21. The second-order valence-electron chi connectivity index (χ2n) is 3.79. The van der Waals surface area contributed by atoms with Crippen LogP contribution in [0.5, 0.6) is 0 Å². The molecule has 0 aliphatic rings. The first kappa shape index (κ1) is 13.5. The molecule has 0 aliphatic carbocycles. The van der Waals surface area contributed by atoms with Crippen LogP contribution >= 0.6 is 0 Å². The SMILES string of the molecule is CCN(CC(F)(F)F)c1ccc(C=O)c(C)c1. The molecule has 5 heteroatoms. The van der Waals surface area contributed by atoms with Gasteiger partial charge in [-0.1, -0.05) is 0 Å². The Kier molecular flexibility index (Phi) is 4.15. The lowest BCUT2D eigenvalue weighted by Gasteiger charge is -2.24. The fraction of sp³-hybridized carbons (Fsp3) is 0.417. The van der Waals surface area contributed by atoms with Gasteiger partial charge in [0.2, 0.25) is 0 Å². The van der Waals surface area contributed by atoms with Crippen LogP contribution in [0, 0.1) is 6.92 Å². The maximum absolute atomic E-state index is 12.3. The van der Waals surface area contributed by atoms with Crippen LogP contribution in [-0.2, 0) is 0 Å². The van der Waals surface area contributed by atoms with Crippen molar-refractivity contribution < 1.29 is 18.0 Å². The number of hydrogen-bond donors (Lipinski definition) is 0. The van der Waals surface area contributed by atoms with Gasteiger partial charge in [-0.15, -0.1) is 0 Å². The topological polar surface area (TPSA) is 20.3 Å². The van der Waals surface area contributed by atoms with E-state index in [1.807, 2.05) is 0 Å². The van der Waals surface area contributed by atoms with Gasteiger partial charge in [-0.25, -0.2) is 0 Å². The molecule has 0 amide bonds. The molecule has 0 heterocycles. The number of aldehydes is 1. The largest absolute Gasteiger partial charge is 0.405 e. The van der Waals surface area contributed by atoms with Gasteiger partial charge in [0.25, 0.3) is 0 Å². The molecule has 0 atom stereocenters. The van der Waals surface area contributed by atoms with E-state index in [0.717, 1.165) is 0 Å². The maximum atomic E-state index is 12.3. The summed E-state index contributed by atoms with van der Waals surface area (Å²) in [5.41, 5.74) is 1.66. The fourth-order valence-corrected chi connectivity index (χ4v) is 1.59. The number of carbonyl (C=O) groups is 1. The summed E-state index contributed by atoms with van der Waals surface area (Å²) in [6, 6.07) is 4.67. The summed E-state index contributed by atoms with van der Waals surface area (Å²) in [5.74, 6) is 0. The first-order chi connectivity index (χ1) is 7.87. The first-order valence-electron chi connectivity index (χ1n) is 5.25. The number of nitrogens with zero attached hydrogens (tertiary/aromatic N) is 1. The molecule has 0 fully saturated rings. The number of hydrogen-bond acceptors (Lipinski definition) is 2. The number of rotatable bonds is 4. The summed E-state index contributed by atoms with van der Waals surface area (Å²) >= 11 is 0. The Balaban J connectivity index is 2.97. The van der Waals surface area contributed by atoms with Crippen LogP contribution in [0.1, 0.15) is 22.8 Å². The molecule has 0 aliphatic heterocycles. The van der Waals surface area contributed by atoms with Crippen molar-refractivity contribution in [2.45, 2.75) is 20.0 Å². The highest BCUT2D eigenvalue weighted by Gasteiger charge is 2.30. The molecule has 94 valence electrons. The minimum absolute atomic E-state index is 0.263. The van der Waals surface area contributed by atoms with E-state index < -0.39 is 12.7 Å². The quantitative estimate of drug-likeness (QED) is 0.759. The van der Waals surface area contributed by atoms with Crippen LogP contribution in [0.3, 0.4) is 0 Å². The van der Waals surface area contributed by atoms with E-state index in [0.29, 0.717) is 23.1 Å². The molecule has 17 heavy (non-hydrogen) atoms. The summed E-state index contributed by atoms with van der Waals surface area (Å²) < 4.78 is 37.0. The highest BCUT2D eigenvalue weighted by molar-refractivity contribution is 5.78. The zero-order valence-corrected chi connectivity index (χ0v) is 9.71. The Labute approximate surface area is 98.0 Å². The molecular weight excluding hydrogens is 231 g/mol. The van der Waals surface area contributed by atoms with Gasteiger partial charge in [0.15, 0.2) is 0 Å². The molecule has 1 aromatic carbocycles. The van der Waals surface area contributed by atoms with Crippen LogP contribution in [0.4, 0.5) is 18.9 Å². The smallest absolute Gasteiger partial charge is 0.363 e. The van der Waals surface area contributed by atoms with Gasteiger partial charge in [0.1, 0.15) is 12.8 Å². The number of carbonyl (C=O) groups excluding carboxylic acids is 1. The Morgan fingerprint density at radius 2 is 2.00 bits per heavy atom. The van der Waals surface area contributed by atoms with Crippen LogP contribution in [0.25, 0.3) is 0 Å². The number of alkyl halides is 3. The minimum atomic E-state index is -4.23. The van der Waals surface area contributed by atoms with Crippen LogP contribution in [-0.4, -0.2) is 25.6 Å². The summed E-state index contributed by atoms with van der Waals surface area (Å²) in [5, 5.41) is 0. The molecule has 1 aromatic rings. The molecule has 0 unspecified atom stereocenters. The monoisotopic (exact) mass is 245 g/mol. The summed E-state index contributed by atoms with van der Waals surface area (Å²) in [7, 11) is 0. The number of halogens is 3. The Hall–Kier alpha value is -1.52. The van der Waals surface area contributed by atoms with Gasteiger partial charge in [-0.2, -0.15) is 13.2 Å². The van der Waals surface area contributed by atoms with Crippen LogP contribution < -0.4 is 4.90 Å². The van der Waals surface area contributed by atoms with E-state index in [9.17, 15) is 18.0 Å². The van der Waals surface area contributed by atoms with E-state index >= 15 is 0 Å². The van der Waals surface area contributed by atoms with Crippen LogP contribution in [0.15, 0.2) is 18.2 Å². The number of anilines is 1. The van der Waals surface area contributed by atoms with Crippen LogP contribution in [0.2, 0.25) is 0 Å². The van der Waals surface area contributed by atoms with E-state index in [2.05, 4.69) is 0 Å². The summed E-state index contributed by atoms with van der Waals surface area (Å²) in [6.45, 7) is 2.64. The Morgan fingerprint density at radius 1 is 1.35 bits per heavy atom. The summed E-state index contributed by atoms with van der Waals surface area (Å²) in [4.78, 5) is 11.8. The van der Waals surface area contributed by atoms with Gasteiger partial charge in [-0.05, 0) is 37.6 Å². The lowest BCUT2D eigenvalue weighted by Crippen LogP contribution is -2.34. The molecule has 0 aromatic heterocycles. The normalized spacial score (nSPS) is 11.4. The zero-order chi connectivity index (χ0) is 13.1. The fourth-order valence-electron chi connectivity index (χ4n) is 1.59. The summed E-state index contributed by atoms with van der Waals surface area (Å²) in [6.07, 6.45) is -3.54. The second-order valence-corrected chi connectivity index (χ2v) is 3.79. The number of aryl methyl sites for hydroxylation is 1. The minimum Gasteiger partial charge on any atom is -0.363 e. The Morgan fingerprint density at radius 3 is 2.41 bits per heavy atom. The molecule has 2 nitrogen and oxygen atoms in total. The van der Waals surface area contributed by atoms with E-state index in [-0.39, 0.29) is 6.54 Å². The van der Waals surface area contributed by atoms with E-state index in [1.165, 1.54) is 17.0 Å². The van der Waals surface area contributed by atoms with Crippen molar-refractivity contribution in [2.75, 3.05) is 18.0 Å². The molecule has 0 bridgehead atoms. The van der Waals surface area contributed by atoms with Gasteiger partial charge >= 0.3 is 6.18 Å². The first-order valence-corrected chi connectivity index (χ1v) is 5.25. The van der Waals surface area contributed by atoms with Gasteiger partial charge in [0, 0.05) is 17.8 Å². The number of benzene rings is 1. The zero-order valence-electron chi connectivity index (χ0n) is 9.71. The maximum Gasteiger partial charge on any atom is 0.405 e. The third-order valence-corrected chi connectivity index (χ3v) is 2.50. The van der Waals surface area contributed by atoms with E-state index in [4.69, 9.17) is 0 Å². The average molecular weight is 245 g/mol. The van der Waals surface area contributed by atoms with Gasteiger partial charge in [-0.3, -0.25) is 4.79 Å². The highest BCUT2D eigenvalue weighted by atomic mass is 19.4. The van der Waals surface area contributed by atoms with Gasteiger partial charge < -0.3 is 4.90 Å². The standard InChI is InChI=1S/C12H14F3NO/c1-3-16(8-12(13,14)15)11-5-4-10(7-17)9(2)6-11/h4-7H,3,8H2,1-2H3. The highest BCUT2D eigenvalue weighted by Crippen LogP contribution is 2.23.